The van der Waals surface area contributed by atoms with Crippen molar-refractivity contribution < 1.29 is 23.3 Å². The van der Waals surface area contributed by atoms with Crippen LogP contribution in [0.2, 0.25) is 0 Å². The van der Waals surface area contributed by atoms with E-state index in [0.29, 0.717) is 0 Å². The standard InChI is InChI=1S/C5H9O.V/c1-2-4-6-5-3-1;/h1H,2-5H2;/q-1;. The van der Waals surface area contributed by atoms with Gasteiger partial charge in [0.15, 0.2) is 0 Å². The van der Waals surface area contributed by atoms with Crippen molar-refractivity contribution in [1.82, 2.24) is 0 Å². The van der Waals surface area contributed by atoms with E-state index < -0.39 is 0 Å². The molecule has 1 saturated heterocycles. The van der Waals surface area contributed by atoms with Crippen molar-refractivity contribution in [1.29, 1.82) is 0 Å². The van der Waals surface area contributed by atoms with Crippen LogP contribution in [0.4, 0.5) is 0 Å². The van der Waals surface area contributed by atoms with Gasteiger partial charge < -0.3 is 11.2 Å². The molecule has 0 aromatic heterocycles. The second-order valence-electron chi connectivity index (χ2n) is 1.48. The van der Waals surface area contributed by atoms with E-state index in [0.717, 1.165) is 26.1 Å². The first-order valence-electron chi connectivity index (χ1n) is 2.39. The molecule has 0 unspecified atom stereocenters. The first-order chi connectivity index (χ1) is 3.00. The molecule has 0 bridgehead atoms. The summed E-state index contributed by atoms with van der Waals surface area (Å²) >= 11 is 0. The molecule has 41 valence electrons. The Bertz CT molecular complexity index is 23.6. The Balaban J connectivity index is 0.000000360. The van der Waals surface area contributed by atoms with Gasteiger partial charge in [0.2, 0.25) is 0 Å². The molecule has 0 atom stereocenters. The number of ether oxygens (including phenoxy) is 1. The van der Waals surface area contributed by atoms with E-state index in [1.807, 2.05) is 0 Å². The summed E-state index contributed by atoms with van der Waals surface area (Å²) in [6.45, 7) is 1.89. The minimum atomic E-state index is 0. The molecule has 1 aliphatic heterocycles. The molecule has 1 rings (SSSR count). The molecule has 0 spiro atoms. The third kappa shape index (κ3) is 3.16. The zero-order valence-electron chi connectivity index (χ0n) is 4.26. The Kier molecular flexibility index (Phi) is 5.06. The quantitative estimate of drug-likeness (QED) is 0.451. The summed E-state index contributed by atoms with van der Waals surface area (Å²) in [6.07, 6.45) is 4.57. The normalized spacial score (nSPS) is 20.6. The van der Waals surface area contributed by atoms with Gasteiger partial charge in [-0.2, -0.15) is 12.8 Å². The van der Waals surface area contributed by atoms with Crippen molar-refractivity contribution in [3.63, 3.8) is 0 Å². The molecular weight excluding hydrogens is 127 g/mol. The average molecular weight is 136 g/mol. The van der Waals surface area contributed by atoms with E-state index in [-0.39, 0.29) is 18.6 Å². The summed E-state index contributed by atoms with van der Waals surface area (Å²) in [6, 6.07) is 0. The fourth-order valence-electron chi connectivity index (χ4n) is 0.580. The summed E-state index contributed by atoms with van der Waals surface area (Å²) < 4.78 is 5.04. The fourth-order valence-corrected chi connectivity index (χ4v) is 0.580. The Labute approximate surface area is 56.3 Å². The third-order valence-electron chi connectivity index (χ3n) is 0.933. The van der Waals surface area contributed by atoms with Crippen LogP contribution in [-0.2, 0) is 23.3 Å². The van der Waals surface area contributed by atoms with E-state index in [9.17, 15) is 0 Å². The van der Waals surface area contributed by atoms with Gasteiger partial charge in [-0.05, 0) is 0 Å². The Hall–Kier alpha value is 0.544. The first kappa shape index (κ1) is 7.54. The molecule has 1 fully saturated rings. The molecule has 0 N–H and O–H groups in total. The third-order valence-corrected chi connectivity index (χ3v) is 0.933. The van der Waals surface area contributed by atoms with Crippen LogP contribution in [0.5, 0.6) is 0 Å². The van der Waals surface area contributed by atoms with E-state index in [4.69, 9.17) is 4.74 Å². The fraction of sp³-hybridized carbons (Fsp3) is 0.800. The van der Waals surface area contributed by atoms with Gasteiger partial charge in [-0.25, -0.2) is 0 Å². The van der Waals surface area contributed by atoms with Gasteiger partial charge in [0.1, 0.15) is 0 Å². The number of rotatable bonds is 0. The topological polar surface area (TPSA) is 9.23 Å². The van der Waals surface area contributed by atoms with Gasteiger partial charge in [0, 0.05) is 31.8 Å². The summed E-state index contributed by atoms with van der Waals surface area (Å²) in [5, 5.41) is 0. The van der Waals surface area contributed by atoms with E-state index in [1.165, 1.54) is 0 Å². The van der Waals surface area contributed by atoms with E-state index >= 15 is 0 Å². The van der Waals surface area contributed by atoms with Crippen LogP contribution >= 0.6 is 0 Å². The molecule has 1 radical (unpaired) electrons. The van der Waals surface area contributed by atoms with Crippen LogP contribution < -0.4 is 0 Å². The van der Waals surface area contributed by atoms with Crippen molar-refractivity contribution in [2.75, 3.05) is 13.2 Å². The van der Waals surface area contributed by atoms with Crippen LogP contribution in [0.15, 0.2) is 0 Å². The molecule has 2 heteroatoms. The molecule has 0 saturated carbocycles. The monoisotopic (exact) mass is 136 g/mol. The summed E-state index contributed by atoms with van der Waals surface area (Å²) in [5.74, 6) is 0. The van der Waals surface area contributed by atoms with Crippen molar-refractivity contribution >= 4 is 0 Å². The predicted molar refractivity (Wildman–Crippen MR) is 24.4 cm³/mol. The van der Waals surface area contributed by atoms with Crippen LogP contribution in [-0.4, -0.2) is 13.2 Å². The average Bonchev–Trinajstić information content (AvgIpc) is 1.72. The minimum absolute atomic E-state index is 0. The summed E-state index contributed by atoms with van der Waals surface area (Å²) in [7, 11) is 0. The van der Waals surface area contributed by atoms with Gasteiger partial charge in [0.05, 0.1) is 0 Å². The van der Waals surface area contributed by atoms with Crippen LogP contribution in [0, 0.1) is 6.42 Å². The second-order valence-corrected chi connectivity index (χ2v) is 1.48. The molecule has 1 nitrogen and oxygen atoms in total. The molecule has 0 aliphatic carbocycles. The Morgan fingerprint density at radius 3 is 1.86 bits per heavy atom. The molecule has 0 aromatic rings. The zero-order valence-corrected chi connectivity index (χ0v) is 5.66. The SMILES string of the molecule is [CH-]1CCOCC1.[V]. The van der Waals surface area contributed by atoms with Crippen LogP contribution in [0.25, 0.3) is 0 Å². The van der Waals surface area contributed by atoms with E-state index in [1.54, 1.807) is 0 Å². The molecule has 7 heavy (non-hydrogen) atoms. The number of hydrogen-bond donors (Lipinski definition) is 0. The maximum atomic E-state index is 5.04. The molecular formula is C5H9OV-. The van der Waals surface area contributed by atoms with Crippen LogP contribution in [0.3, 0.4) is 0 Å². The minimum Gasteiger partial charge on any atom is -0.387 e. The van der Waals surface area contributed by atoms with Gasteiger partial charge >= 0.3 is 0 Å². The van der Waals surface area contributed by atoms with Crippen molar-refractivity contribution in [3.05, 3.63) is 6.42 Å². The van der Waals surface area contributed by atoms with Crippen molar-refractivity contribution in [2.24, 2.45) is 0 Å². The summed E-state index contributed by atoms with van der Waals surface area (Å²) in [5.41, 5.74) is 0. The molecule has 1 aliphatic rings. The van der Waals surface area contributed by atoms with Gasteiger partial charge in [-0.15, -0.1) is 0 Å². The zero-order chi connectivity index (χ0) is 4.24. The smallest absolute Gasteiger partial charge is 0.0195 e. The summed E-state index contributed by atoms with van der Waals surface area (Å²) in [4.78, 5) is 0. The second kappa shape index (κ2) is 4.70. The predicted octanol–water partition coefficient (Wildman–Crippen LogP) is 0.999. The van der Waals surface area contributed by atoms with E-state index in [2.05, 4.69) is 6.42 Å². The molecule has 0 amide bonds. The molecule has 1 heterocycles. The number of hydrogen-bond acceptors (Lipinski definition) is 1. The molecule has 0 aromatic carbocycles. The first-order valence-corrected chi connectivity index (χ1v) is 2.39. The van der Waals surface area contributed by atoms with Crippen LogP contribution in [0.1, 0.15) is 12.8 Å². The maximum absolute atomic E-state index is 5.04. The van der Waals surface area contributed by atoms with Crippen molar-refractivity contribution in [3.8, 4) is 0 Å². The van der Waals surface area contributed by atoms with Gasteiger partial charge in [-0.1, -0.05) is 0 Å². The largest absolute Gasteiger partial charge is 0.387 e. The Morgan fingerprint density at radius 1 is 1.14 bits per heavy atom. The van der Waals surface area contributed by atoms with Gasteiger partial charge in [0.25, 0.3) is 0 Å². The maximum Gasteiger partial charge on any atom is 0.0195 e. The Morgan fingerprint density at radius 2 is 1.71 bits per heavy atom. The van der Waals surface area contributed by atoms with Gasteiger partial charge in [-0.3, -0.25) is 0 Å². The van der Waals surface area contributed by atoms with Crippen molar-refractivity contribution in [2.45, 2.75) is 12.8 Å².